The molecule has 0 spiro atoms. The van der Waals surface area contributed by atoms with Crippen molar-refractivity contribution in [3.8, 4) is 12.8 Å². The molecule has 5 heteroatoms. The number of carbonyl (C=O) groups excluding carboxylic acids is 2. The summed E-state index contributed by atoms with van der Waals surface area (Å²) in [7, 11) is 0. The maximum absolute atomic E-state index is 13.3. The van der Waals surface area contributed by atoms with Gasteiger partial charge in [0.1, 0.15) is 12.4 Å². The maximum atomic E-state index is 13.3. The van der Waals surface area contributed by atoms with E-state index in [1.165, 1.54) is 5.56 Å². The third kappa shape index (κ3) is 11.4. The van der Waals surface area contributed by atoms with Crippen molar-refractivity contribution >= 4 is 23.3 Å². The Balaban J connectivity index is 0.000000561. The van der Waals surface area contributed by atoms with Crippen LogP contribution in [0.5, 0.6) is 0 Å². The van der Waals surface area contributed by atoms with Gasteiger partial charge in [-0.15, -0.1) is 12.8 Å². The van der Waals surface area contributed by atoms with Gasteiger partial charge in [-0.25, -0.2) is 0 Å². The molecule has 0 aromatic heterocycles. The molecule has 2 amide bonds. The number of hydrogen-bond acceptors (Lipinski definition) is 3. The Morgan fingerprint density at radius 3 is 1.85 bits per heavy atom. The van der Waals surface area contributed by atoms with Gasteiger partial charge in [-0.1, -0.05) is 80.1 Å². The molecule has 5 nitrogen and oxygen atoms in total. The molecule has 0 saturated heterocycles. The van der Waals surface area contributed by atoms with E-state index in [-0.39, 0.29) is 17.7 Å². The molecule has 0 aliphatic heterocycles. The highest BCUT2D eigenvalue weighted by atomic mass is 16.5. The number of benzene rings is 3. The van der Waals surface area contributed by atoms with Crippen molar-refractivity contribution in [1.82, 2.24) is 4.90 Å². The summed E-state index contributed by atoms with van der Waals surface area (Å²) >= 11 is 0. The quantitative estimate of drug-likeness (QED) is 0.150. The third-order valence-corrected chi connectivity index (χ3v) is 6.46. The molecule has 1 aliphatic rings. The second-order valence-electron chi connectivity index (χ2n) is 10.0. The zero-order chi connectivity index (χ0) is 30.0. The van der Waals surface area contributed by atoms with Crippen molar-refractivity contribution < 1.29 is 14.3 Å². The number of rotatable bonds is 11. The summed E-state index contributed by atoms with van der Waals surface area (Å²) in [6.45, 7) is 9.91. The molecule has 0 atom stereocenters. The molecule has 1 saturated carbocycles. The summed E-state index contributed by atoms with van der Waals surface area (Å²) in [6.07, 6.45) is 11.8. The SMILES string of the molecule is C#C.CCCN(CCC)C(=O)/C(C)=C(/OCc1ccccc1)c1ccc(NC(=O)C2CC2)cc1.Cc1ccccc1. The van der Waals surface area contributed by atoms with Crippen LogP contribution in [-0.4, -0.2) is 29.8 Å². The molecular formula is C36H44N2O3. The highest BCUT2D eigenvalue weighted by Crippen LogP contribution is 2.31. The number of carbonyl (C=O) groups is 2. The zero-order valence-corrected chi connectivity index (χ0v) is 24.9. The minimum atomic E-state index is 0.00266. The second kappa shape index (κ2) is 18.1. The van der Waals surface area contributed by atoms with Gasteiger partial charge in [0.2, 0.25) is 5.91 Å². The molecule has 4 rings (SSSR count). The summed E-state index contributed by atoms with van der Waals surface area (Å²) in [5, 5.41) is 2.96. The normalized spacial score (nSPS) is 12.3. The molecule has 216 valence electrons. The second-order valence-corrected chi connectivity index (χ2v) is 10.0. The van der Waals surface area contributed by atoms with Gasteiger partial charge in [0.25, 0.3) is 5.91 Å². The van der Waals surface area contributed by atoms with Gasteiger partial charge < -0.3 is 15.0 Å². The lowest BCUT2D eigenvalue weighted by Gasteiger charge is -2.23. The topological polar surface area (TPSA) is 58.6 Å². The van der Waals surface area contributed by atoms with Crippen LogP contribution in [0.25, 0.3) is 5.76 Å². The summed E-state index contributed by atoms with van der Waals surface area (Å²) in [4.78, 5) is 27.2. The highest BCUT2D eigenvalue weighted by molar-refractivity contribution is 5.99. The summed E-state index contributed by atoms with van der Waals surface area (Å²) in [5.74, 6) is 0.816. The van der Waals surface area contributed by atoms with Crippen LogP contribution in [0.2, 0.25) is 0 Å². The van der Waals surface area contributed by atoms with Crippen LogP contribution < -0.4 is 5.32 Å². The van der Waals surface area contributed by atoms with E-state index in [1.54, 1.807) is 0 Å². The van der Waals surface area contributed by atoms with Gasteiger partial charge in [-0.05, 0) is 69.4 Å². The fourth-order valence-electron chi connectivity index (χ4n) is 4.16. The van der Waals surface area contributed by atoms with Crippen molar-refractivity contribution in [2.45, 2.75) is 60.0 Å². The third-order valence-electron chi connectivity index (χ3n) is 6.46. The number of aryl methyl sites for hydroxylation is 1. The predicted molar refractivity (Wildman–Crippen MR) is 170 cm³/mol. The summed E-state index contributed by atoms with van der Waals surface area (Å²) < 4.78 is 6.22. The molecule has 0 radical (unpaired) electrons. The van der Waals surface area contributed by atoms with E-state index in [0.717, 1.165) is 55.6 Å². The van der Waals surface area contributed by atoms with Crippen molar-refractivity contribution in [1.29, 1.82) is 0 Å². The number of nitrogens with zero attached hydrogens (tertiary/aromatic N) is 1. The predicted octanol–water partition coefficient (Wildman–Crippen LogP) is 7.88. The van der Waals surface area contributed by atoms with Gasteiger partial charge in [0.15, 0.2) is 0 Å². The van der Waals surface area contributed by atoms with Crippen molar-refractivity contribution in [3.63, 3.8) is 0 Å². The number of terminal acetylenes is 1. The average molecular weight is 553 g/mol. The first-order valence-corrected chi connectivity index (χ1v) is 14.4. The van der Waals surface area contributed by atoms with Crippen LogP contribution in [0.1, 0.15) is 63.1 Å². The van der Waals surface area contributed by atoms with Gasteiger partial charge in [-0.3, -0.25) is 9.59 Å². The van der Waals surface area contributed by atoms with Crippen LogP contribution in [0.4, 0.5) is 5.69 Å². The summed E-state index contributed by atoms with van der Waals surface area (Å²) in [6, 6.07) is 27.7. The Morgan fingerprint density at radius 1 is 0.854 bits per heavy atom. The van der Waals surface area contributed by atoms with E-state index in [2.05, 4.69) is 51.1 Å². The van der Waals surface area contributed by atoms with Crippen LogP contribution in [0.15, 0.2) is 90.5 Å². The lowest BCUT2D eigenvalue weighted by molar-refractivity contribution is -0.127. The van der Waals surface area contributed by atoms with Crippen LogP contribution >= 0.6 is 0 Å². The number of amides is 2. The maximum Gasteiger partial charge on any atom is 0.253 e. The first-order chi connectivity index (χ1) is 19.9. The molecule has 1 aliphatic carbocycles. The molecule has 41 heavy (non-hydrogen) atoms. The van der Waals surface area contributed by atoms with E-state index < -0.39 is 0 Å². The van der Waals surface area contributed by atoms with E-state index >= 15 is 0 Å². The van der Waals surface area contributed by atoms with Crippen LogP contribution in [-0.2, 0) is 20.9 Å². The summed E-state index contributed by atoms with van der Waals surface area (Å²) in [5.41, 5.74) is 4.54. The largest absolute Gasteiger partial charge is 0.488 e. The fraction of sp³-hybridized carbons (Fsp3) is 0.333. The molecule has 1 N–H and O–H groups in total. The molecule has 3 aromatic rings. The average Bonchev–Trinajstić information content (AvgIpc) is 3.86. The Morgan fingerprint density at radius 2 is 1.39 bits per heavy atom. The minimum absolute atomic E-state index is 0.00266. The zero-order valence-electron chi connectivity index (χ0n) is 24.9. The number of nitrogens with one attached hydrogen (secondary N) is 1. The van der Waals surface area contributed by atoms with Crippen molar-refractivity contribution in [2.75, 3.05) is 18.4 Å². The monoisotopic (exact) mass is 552 g/mol. The van der Waals surface area contributed by atoms with E-state index in [1.807, 2.05) is 84.6 Å². The number of anilines is 1. The molecule has 0 bridgehead atoms. The van der Waals surface area contributed by atoms with E-state index in [4.69, 9.17) is 4.74 Å². The Hall–Kier alpha value is -4.30. The van der Waals surface area contributed by atoms with E-state index in [0.29, 0.717) is 17.9 Å². The molecule has 1 fully saturated rings. The van der Waals surface area contributed by atoms with Gasteiger partial charge in [0.05, 0.1) is 5.57 Å². The van der Waals surface area contributed by atoms with E-state index in [9.17, 15) is 9.59 Å². The van der Waals surface area contributed by atoms with Crippen molar-refractivity contribution in [3.05, 3.63) is 107 Å². The molecular weight excluding hydrogens is 508 g/mol. The number of hydrogen-bond donors (Lipinski definition) is 1. The van der Waals surface area contributed by atoms with Gasteiger partial charge in [0, 0.05) is 30.3 Å². The highest BCUT2D eigenvalue weighted by Gasteiger charge is 2.29. The van der Waals surface area contributed by atoms with Gasteiger partial charge >= 0.3 is 0 Å². The minimum Gasteiger partial charge on any atom is -0.488 e. The van der Waals surface area contributed by atoms with Crippen LogP contribution in [0.3, 0.4) is 0 Å². The lowest BCUT2D eigenvalue weighted by Crippen LogP contribution is -2.33. The molecule has 3 aromatic carbocycles. The standard InChI is InChI=1S/C27H34N2O3.C7H8.C2H2/c1-4-17-29(18-5-2)27(31)20(3)25(32-19-21-9-7-6-8-10-21)22-13-15-24(16-14-22)28-26(30)23-11-12-23;1-7-5-3-2-4-6-7;1-2/h6-10,13-16,23H,4-5,11-12,17-19H2,1-3H3,(H,28,30);2-6H,1H3;1-2H/b25-20+;;. The number of ether oxygens (including phenoxy) is 1. The first kappa shape index (κ1) is 32.9. The lowest BCUT2D eigenvalue weighted by atomic mass is 10.1. The Bertz CT molecular complexity index is 1240. The Labute approximate surface area is 246 Å². The molecule has 0 heterocycles. The van der Waals surface area contributed by atoms with Gasteiger partial charge in [-0.2, -0.15) is 0 Å². The first-order valence-electron chi connectivity index (χ1n) is 14.4. The van der Waals surface area contributed by atoms with Crippen molar-refractivity contribution in [2.24, 2.45) is 5.92 Å². The molecule has 0 unspecified atom stereocenters. The Kier molecular flexibility index (Phi) is 14.5. The van der Waals surface area contributed by atoms with Crippen LogP contribution in [0, 0.1) is 25.7 Å². The smallest absolute Gasteiger partial charge is 0.253 e. The fourth-order valence-corrected chi connectivity index (χ4v) is 4.16.